The monoisotopic (exact) mass is 906 g/mol. The number of nitrogens with one attached hydrogen (secondary N) is 6. The van der Waals surface area contributed by atoms with Crippen LogP contribution in [0.25, 0.3) is 0 Å². The van der Waals surface area contributed by atoms with E-state index in [0.717, 1.165) is 13.8 Å². The van der Waals surface area contributed by atoms with Gasteiger partial charge in [0.15, 0.2) is 0 Å². The third-order valence-corrected chi connectivity index (χ3v) is 10.9. The minimum Gasteiger partial charge on any atom is -0.508 e. The lowest BCUT2D eigenvalue weighted by molar-refractivity contribution is -0.144. The van der Waals surface area contributed by atoms with Gasteiger partial charge in [-0.3, -0.25) is 38.4 Å². The van der Waals surface area contributed by atoms with E-state index >= 15 is 0 Å². The van der Waals surface area contributed by atoms with Crippen LogP contribution >= 0.6 is 0 Å². The van der Waals surface area contributed by atoms with E-state index in [1.54, 1.807) is 26.0 Å². The van der Waals surface area contributed by atoms with Crippen LogP contribution in [0, 0.1) is 11.8 Å². The summed E-state index contributed by atoms with van der Waals surface area (Å²) in [5.41, 5.74) is 6.75. The number of carbonyl (C=O) groups excluding carboxylic acids is 7. The lowest BCUT2D eigenvalue weighted by atomic mass is 9.98. The first kappa shape index (κ1) is 54.3. The molecule has 0 spiro atoms. The van der Waals surface area contributed by atoms with Gasteiger partial charge in [0.1, 0.15) is 48.0 Å². The normalized spacial score (nSPS) is 18.4. The number of phenols is 1. The van der Waals surface area contributed by atoms with E-state index in [1.165, 1.54) is 24.0 Å². The fourth-order valence-electron chi connectivity index (χ4n) is 6.81. The summed E-state index contributed by atoms with van der Waals surface area (Å²) in [6.07, 6.45) is -2.97. The summed E-state index contributed by atoms with van der Waals surface area (Å²) >= 11 is 0. The molecule has 11 atom stereocenters. The lowest BCUT2D eigenvalue weighted by Gasteiger charge is -2.30. The minimum absolute atomic E-state index is 0.00511. The van der Waals surface area contributed by atoms with Gasteiger partial charge in [0.25, 0.3) is 0 Å². The molecule has 1 heterocycles. The number of benzene rings is 1. The van der Waals surface area contributed by atoms with Gasteiger partial charge in [-0.25, -0.2) is 4.79 Å². The fourth-order valence-corrected chi connectivity index (χ4v) is 6.81. The molecule has 22 nitrogen and oxygen atoms in total. The van der Waals surface area contributed by atoms with Gasteiger partial charge in [0.2, 0.25) is 41.4 Å². The van der Waals surface area contributed by atoms with Crippen LogP contribution in [-0.4, -0.2) is 151 Å². The molecular formula is C42H66N8O14. The Morgan fingerprint density at radius 2 is 1.25 bits per heavy atom. The van der Waals surface area contributed by atoms with E-state index in [4.69, 9.17) is 10.8 Å². The quantitative estimate of drug-likeness (QED) is 0.0504. The molecule has 64 heavy (non-hydrogen) atoms. The van der Waals surface area contributed by atoms with Crippen LogP contribution in [0.5, 0.6) is 5.75 Å². The highest BCUT2D eigenvalue weighted by molar-refractivity contribution is 5.98. The average Bonchev–Trinajstić information content (AvgIpc) is 3.72. The standard InChI is InChI=1S/C42H66N8O14/c1-8-21(4)32(43)41(62)50-17-9-10-30(50)38(59)47-29(19-25-11-13-26(53)14-12-25)36(57)44-22(5)35(56)46-28(18-20(2)3)37(58)48-34(24(7)52)40(61)49-33(23(6)51)39(60)45-27(42(63)64)15-16-31(54)55/h11-14,20-24,27-30,32-34,51-53H,8-10,15-19,43H2,1-7H3,(H,44,57)(H,45,60)(H,46,56)(H,47,59)(H,48,58)(H,49,61)(H,54,55)(H,63,64)/t21-,22-,23+,24+,27-,28-,29-,30-,32-,33-,34-/m0/s1. The second kappa shape index (κ2) is 25.4. The molecule has 0 aromatic heterocycles. The Labute approximate surface area is 371 Å². The van der Waals surface area contributed by atoms with E-state index in [-0.39, 0.29) is 36.3 Å². The third kappa shape index (κ3) is 16.7. The Morgan fingerprint density at radius 1 is 0.719 bits per heavy atom. The zero-order chi connectivity index (χ0) is 48.6. The smallest absolute Gasteiger partial charge is 0.326 e. The average molecular weight is 907 g/mol. The predicted molar refractivity (Wildman–Crippen MR) is 229 cm³/mol. The van der Waals surface area contributed by atoms with Crippen molar-refractivity contribution in [3.63, 3.8) is 0 Å². The summed E-state index contributed by atoms with van der Waals surface area (Å²) in [4.78, 5) is 119. The Balaban J connectivity index is 2.25. The molecule has 22 heteroatoms. The van der Waals surface area contributed by atoms with Crippen molar-refractivity contribution < 1.29 is 68.7 Å². The molecule has 13 N–H and O–H groups in total. The Hall–Kier alpha value is -5.87. The number of carboxylic acid groups (broad SMARTS) is 2. The van der Waals surface area contributed by atoms with Crippen molar-refractivity contribution in [2.75, 3.05) is 6.54 Å². The van der Waals surface area contributed by atoms with Crippen LogP contribution < -0.4 is 37.6 Å². The number of nitrogens with zero attached hydrogens (tertiary/aromatic N) is 1. The molecule has 0 bridgehead atoms. The number of aliphatic hydroxyl groups excluding tert-OH is 2. The zero-order valence-corrected chi connectivity index (χ0v) is 37.3. The molecule has 1 saturated heterocycles. The first-order valence-corrected chi connectivity index (χ1v) is 21.3. The Bertz CT molecular complexity index is 1810. The number of hydrogen-bond donors (Lipinski definition) is 12. The van der Waals surface area contributed by atoms with Crippen molar-refractivity contribution >= 4 is 53.3 Å². The van der Waals surface area contributed by atoms with Gasteiger partial charge in [0, 0.05) is 19.4 Å². The Morgan fingerprint density at radius 3 is 1.77 bits per heavy atom. The number of aromatic hydroxyl groups is 1. The summed E-state index contributed by atoms with van der Waals surface area (Å²) in [7, 11) is 0. The second-order valence-corrected chi connectivity index (χ2v) is 16.7. The van der Waals surface area contributed by atoms with E-state index in [0.29, 0.717) is 31.4 Å². The van der Waals surface area contributed by atoms with Crippen molar-refractivity contribution in [3.05, 3.63) is 29.8 Å². The molecule has 1 aromatic carbocycles. The van der Waals surface area contributed by atoms with E-state index in [2.05, 4.69) is 31.9 Å². The summed E-state index contributed by atoms with van der Waals surface area (Å²) < 4.78 is 0. The van der Waals surface area contributed by atoms with Crippen LogP contribution in [0.15, 0.2) is 24.3 Å². The highest BCUT2D eigenvalue weighted by Gasteiger charge is 2.40. The number of aliphatic hydroxyl groups is 2. The predicted octanol–water partition coefficient (Wildman–Crippen LogP) is -2.02. The van der Waals surface area contributed by atoms with Crippen molar-refractivity contribution in [2.45, 2.75) is 154 Å². The first-order chi connectivity index (χ1) is 29.9. The van der Waals surface area contributed by atoms with Gasteiger partial charge in [0.05, 0.1) is 18.2 Å². The minimum atomic E-state index is -1.82. The molecule has 7 amide bonds. The molecule has 0 unspecified atom stereocenters. The number of phenolic OH excluding ortho intramolecular Hbond substituents is 1. The molecule has 1 aliphatic rings. The molecule has 1 aromatic rings. The van der Waals surface area contributed by atoms with Gasteiger partial charge < -0.3 is 68.1 Å². The van der Waals surface area contributed by atoms with Gasteiger partial charge in [-0.1, -0.05) is 46.2 Å². The lowest BCUT2D eigenvalue weighted by Crippen LogP contribution is -2.62. The third-order valence-electron chi connectivity index (χ3n) is 10.9. The molecule has 1 fully saturated rings. The Kier molecular flexibility index (Phi) is 21.6. The van der Waals surface area contributed by atoms with Gasteiger partial charge in [-0.15, -0.1) is 0 Å². The van der Waals surface area contributed by atoms with Crippen molar-refractivity contribution in [3.8, 4) is 5.75 Å². The van der Waals surface area contributed by atoms with Crippen molar-refractivity contribution in [1.82, 2.24) is 36.8 Å². The number of nitrogens with two attached hydrogens (primary N) is 1. The van der Waals surface area contributed by atoms with E-state index < -0.39 is 121 Å². The largest absolute Gasteiger partial charge is 0.508 e. The molecule has 2 rings (SSSR count). The number of rotatable bonds is 25. The van der Waals surface area contributed by atoms with Gasteiger partial charge in [-0.05, 0) is 76.0 Å². The maximum atomic E-state index is 13.9. The van der Waals surface area contributed by atoms with Crippen LogP contribution in [0.1, 0.15) is 92.6 Å². The summed E-state index contributed by atoms with van der Waals surface area (Å²) in [6.45, 7) is 11.1. The number of carbonyl (C=O) groups is 9. The second-order valence-electron chi connectivity index (χ2n) is 16.7. The number of carboxylic acids is 2. The first-order valence-electron chi connectivity index (χ1n) is 21.3. The topological polar surface area (TPSA) is 356 Å². The maximum absolute atomic E-state index is 13.9. The van der Waals surface area contributed by atoms with Crippen LogP contribution in [0.3, 0.4) is 0 Å². The maximum Gasteiger partial charge on any atom is 0.326 e. The highest BCUT2D eigenvalue weighted by atomic mass is 16.4. The van der Waals surface area contributed by atoms with E-state index in [9.17, 15) is 63.6 Å². The SMILES string of the molecule is CC[C@H](C)[C@H](N)C(=O)N1CCC[C@H]1C(=O)N[C@@H](Cc1ccc(O)cc1)C(=O)N[C@@H](C)C(=O)N[C@@H](CC(C)C)C(=O)N[C@H](C(=O)N[C@H](C(=O)N[C@@H](CCC(=O)O)C(=O)O)[C@@H](C)O)[C@@H](C)O. The highest BCUT2D eigenvalue weighted by Crippen LogP contribution is 2.21. The number of aliphatic carboxylic acids is 2. The molecule has 0 aliphatic carbocycles. The molecule has 0 radical (unpaired) electrons. The molecule has 0 saturated carbocycles. The van der Waals surface area contributed by atoms with Crippen molar-refractivity contribution in [1.29, 1.82) is 0 Å². The van der Waals surface area contributed by atoms with Crippen LogP contribution in [-0.2, 0) is 49.6 Å². The molecule has 358 valence electrons. The number of amides is 7. The van der Waals surface area contributed by atoms with Crippen LogP contribution in [0.2, 0.25) is 0 Å². The fraction of sp³-hybridized carbons (Fsp3) is 0.643. The van der Waals surface area contributed by atoms with Gasteiger partial charge in [-0.2, -0.15) is 0 Å². The molecule has 1 aliphatic heterocycles. The summed E-state index contributed by atoms with van der Waals surface area (Å²) in [5, 5.41) is 63.3. The number of likely N-dealkylation sites (tertiary alicyclic amines) is 1. The molecular weight excluding hydrogens is 841 g/mol. The van der Waals surface area contributed by atoms with E-state index in [1.807, 2.05) is 13.8 Å². The van der Waals surface area contributed by atoms with Gasteiger partial charge >= 0.3 is 11.9 Å². The zero-order valence-electron chi connectivity index (χ0n) is 37.3. The summed E-state index contributed by atoms with van der Waals surface area (Å²) in [6, 6.07) is -5.10. The summed E-state index contributed by atoms with van der Waals surface area (Å²) in [5.74, 6) is -9.28. The number of hydrogen-bond acceptors (Lipinski definition) is 13. The van der Waals surface area contributed by atoms with Crippen molar-refractivity contribution in [2.24, 2.45) is 17.6 Å². The van der Waals surface area contributed by atoms with Crippen LogP contribution in [0.4, 0.5) is 0 Å².